The predicted molar refractivity (Wildman–Crippen MR) is 67.1 cm³/mol. The van der Waals surface area contributed by atoms with Crippen molar-refractivity contribution in [2.75, 3.05) is 13.2 Å². The van der Waals surface area contributed by atoms with E-state index in [-0.39, 0.29) is 12.7 Å². The molecule has 1 aliphatic rings. The number of rotatable bonds is 6. The minimum absolute atomic E-state index is 0.232. The summed E-state index contributed by atoms with van der Waals surface area (Å²) in [5, 5.41) is 12.2. The molecule has 3 atom stereocenters. The van der Waals surface area contributed by atoms with Crippen molar-refractivity contribution in [1.82, 2.24) is 5.32 Å². The molecule has 0 aliphatic heterocycles. The van der Waals surface area contributed by atoms with Crippen LogP contribution in [0.1, 0.15) is 46.5 Å². The molecule has 0 amide bonds. The van der Waals surface area contributed by atoms with E-state index in [2.05, 4.69) is 12.2 Å². The second kappa shape index (κ2) is 6.36. The third-order valence-corrected chi connectivity index (χ3v) is 3.53. The van der Waals surface area contributed by atoms with Crippen LogP contribution in [-0.2, 0) is 9.53 Å². The maximum Gasteiger partial charge on any atom is 0.326 e. The highest BCUT2D eigenvalue weighted by molar-refractivity contribution is 5.78. The van der Waals surface area contributed by atoms with E-state index in [1.165, 1.54) is 12.8 Å². The van der Waals surface area contributed by atoms with Crippen LogP contribution in [0.3, 0.4) is 0 Å². The first kappa shape index (κ1) is 14.5. The number of ether oxygens (including phenoxy) is 1. The van der Waals surface area contributed by atoms with E-state index in [4.69, 9.17) is 4.74 Å². The number of carboxylic acid groups (broad SMARTS) is 1. The van der Waals surface area contributed by atoms with E-state index < -0.39 is 11.5 Å². The first-order valence-corrected chi connectivity index (χ1v) is 6.58. The van der Waals surface area contributed by atoms with E-state index in [0.29, 0.717) is 12.5 Å². The van der Waals surface area contributed by atoms with Crippen molar-refractivity contribution in [3.05, 3.63) is 0 Å². The van der Waals surface area contributed by atoms with E-state index in [9.17, 15) is 9.90 Å². The summed E-state index contributed by atoms with van der Waals surface area (Å²) in [6.45, 7) is 6.70. The maximum atomic E-state index is 11.2. The quantitative estimate of drug-likeness (QED) is 0.749. The van der Waals surface area contributed by atoms with Crippen molar-refractivity contribution in [1.29, 1.82) is 0 Å². The lowest BCUT2D eigenvalue weighted by Gasteiger charge is -2.31. The summed E-state index contributed by atoms with van der Waals surface area (Å²) in [4.78, 5) is 11.2. The number of hydrogen-bond donors (Lipinski definition) is 2. The molecule has 0 heterocycles. The molecule has 100 valence electrons. The van der Waals surface area contributed by atoms with Gasteiger partial charge in [0.15, 0.2) is 0 Å². The molecule has 4 nitrogen and oxygen atoms in total. The van der Waals surface area contributed by atoms with Gasteiger partial charge in [0.2, 0.25) is 0 Å². The molecule has 0 aromatic carbocycles. The third kappa shape index (κ3) is 4.28. The highest BCUT2D eigenvalue weighted by Crippen LogP contribution is 2.26. The van der Waals surface area contributed by atoms with Gasteiger partial charge in [0.1, 0.15) is 5.54 Å². The summed E-state index contributed by atoms with van der Waals surface area (Å²) >= 11 is 0. The SMILES string of the molecule is CCNC(C)(COC1CCCC(C)C1)C(=O)O. The Morgan fingerprint density at radius 1 is 1.53 bits per heavy atom. The Balaban J connectivity index is 2.43. The van der Waals surface area contributed by atoms with Gasteiger partial charge in [0.05, 0.1) is 12.7 Å². The van der Waals surface area contributed by atoms with Gasteiger partial charge in [-0.05, 0) is 32.2 Å². The lowest BCUT2D eigenvalue weighted by Crippen LogP contribution is -2.53. The molecule has 0 radical (unpaired) electrons. The van der Waals surface area contributed by atoms with Crippen molar-refractivity contribution < 1.29 is 14.6 Å². The van der Waals surface area contributed by atoms with Gasteiger partial charge in [-0.2, -0.15) is 0 Å². The summed E-state index contributed by atoms with van der Waals surface area (Å²) in [7, 11) is 0. The zero-order valence-electron chi connectivity index (χ0n) is 11.2. The fourth-order valence-electron chi connectivity index (χ4n) is 2.39. The summed E-state index contributed by atoms with van der Waals surface area (Å²) in [6, 6.07) is 0. The lowest BCUT2D eigenvalue weighted by atomic mass is 9.88. The van der Waals surface area contributed by atoms with Crippen LogP contribution in [0.15, 0.2) is 0 Å². The number of carbonyl (C=O) groups is 1. The Hall–Kier alpha value is -0.610. The predicted octanol–water partition coefficient (Wildman–Crippen LogP) is 2.03. The van der Waals surface area contributed by atoms with Gasteiger partial charge < -0.3 is 15.2 Å². The topological polar surface area (TPSA) is 58.6 Å². The summed E-state index contributed by atoms with van der Waals surface area (Å²) in [5.41, 5.74) is -0.963. The van der Waals surface area contributed by atoms with E-state index in [0.717, 1.165) is 12.8 Å². The van der Waals surface area contributed by atoms with E-state index in [1.54, 1.807) is 6.92 Å². The van der Waals surface area contributed by atoms with Crippen molar-refractivity contribution in [3.8, 4) is 0 Å². The fraction of sp³-hybridized carbons (Fsp3) is 0.923. The molecule has 2 N–H and O–H groups in total. The van der Waals surface area contributed by atoms with Crippen molar-refractivity contribution in [3.63, 3.8) is 0 Å². The largest absolute Gasteiger partial charge is 0.480 e. The van der Waals surface area contributed by atoms with Crippen LogP contribution in [0.5, 0.6) is 0 Å². The average molecular weight is 243 g/mol. The summed E-state index contributed by atoms with van der Waals surface area (Å²) < 4.78 is 5.79. The van der Waals surface area contributed by atoms with Crippen molar-refractivity contribution >= 4 is 5.97 Å². The molecule has 1 saturated carbocycles. The van der Waals surface area contributed by atoms with E-state index in [1.807, 2.05) is 6.92 Å². The van der Waals surface area contributed by atoms with Gasteiger partial charge in [-0.15, -0.1) is 0 Å². The molecule has 0 aromatic heterocycles. The average Bonchev–Trinajstić information content (AvgIpc) is 2.27. The van der Waals surface area contributed by atoms with Crippen LogP contribution in [0.2, 0.25) is 0 Å². The Labute approximate surface area is 104 Å². The van der Waals surface area contributed by atoms with Gasteiger partial charge in [0.25, 0.3) is 0 Å². The molecular weight excluding hydrogens is 218 g/mol. The van der Waals surface area contributed by atoms with Crippen molar-refractivity contribution in [2.45, 2.75) is 58.1 Å². The Bertz CT molecular complexity index is 257. The molecule has 3 unspecified atom stereocenters. The Morgan fingerprint density at radius 3 is 2.76 bits per heavy atom. The number of likely N-dealkylation sites (N-methyl/N-ethyl adjacent to an activating group) is 1. The first-order valence-electron chi connectivity index (χ1n) is 6.58. The summed E-state index contributed by atoms with van der Waals surface area (Å²) in [5.74, 6) is -0.146. The van der Waals surface area contributed by atoms with Crippen molar-refractivity contribution in [2.24, 2.45) is 5.92 Å². The lowest BCUT2D eigenvalue weighted by molar-refractivity contribution is -0.148. The van der Waals surface area contributed by atoms with Crippen LogP contribution < -0.4 is 5.32 Å². The molecule has 0 bridgehead atoms. The molecule has 4 heteroatoms. The molecule has 0 aromatic rings. The number of aliphatic carboxylic acids is 1. The minimum atomic E-state index is -0.963. The second-order valence-corrected chi connectivity index (χ2v) is 5.37. The van der Waals surface area contributed by atoms with Gasteiger partial charge in [-0.3, -0.25) is 4.79 Å². The highest BCUT2D eigenvalue weighted by atomic mass is 16.5. The normalized spacial score (nSPS) is 28.6. The smallest absolute Gasteiger partial charge is 0.326 e. The van der Waals surface area contributed by atoms with Gasteiger partial charge in [-0.25, -0.2) is 0 Å². The van der Waals surface area contributed by atoms with Gasteiger partial charge >= 0.3 is 5.97 Å². The standard InChI is InChI=1S/C13H25NO3/c1-4-14-13(3,12(15)16)9-17-11-7-5-6-10(2)8-11/h10-11,14H,4-9H2,1-3H3,(H,15,16). The van der Waals surface area contributed by atoms with Crippen LogP contribution in [0.25, 0.3) is 0 Å². The molecule has 0 saturated heterocycles. The highest BCUT2D eigenvalue weighted by Gasteiger charge is 2.33. The summed E-state index contributed by atoms with van der Waals surface area (Å²) in [6.07, 6.45) is 4.81. The second-order valence-electron chi connectivity index (χ2n) is 5.37. The number of carboxylic acids is 1. The first-order chi connectivity index (χ1) is 7.98. The van der Waals surface area contributed by atoms with Crippen LogP contribution in [0.4, 0.5) is 0 Å². The van der Waals surface area contributed by atoms with Gasteiger partial charge in [0, 0.05) is 0 Å². The number of hydrogen-bond acceptors (Lipinski definition) is 3. The van der Waals surface area contributed by atoms with Crippen LogP contribution in [0, 0.1) is 5.92 Å². The van der Waals surface area contributed by atoms with Gasteiger partial charge in [-0.1, -0.05) is 26.7 Å². The third-order valence-electron chi connectivity index (χ3n) is 3.53. The molecule has 1 aliphatic carbocycles. The van der Waals surface area contributed by atoms with Crippen LogP contribution >= 0.6 is 0 Å². The molecule has 0 spiro atoms. The molecule has 17 heavy (non-hydrogen) atoms. The minimum Gasteiger partial charge on any atom is -0.480 e. The zero-order chi connectivity index (χ0) is 12.9. The Morgan fingerprint density at radius 2 is 2.24 bits per heavy atom. The zero-order valence-corrected chi connectivity index (χ0v) is 11.2. The molecule has 1 rings (SSSR count). The fourth-order valence-corrected chi connectivity index (χ4v) is 2.39. The number of nitrogens with one attached hydrogen (secondary N) is 1. The molecule has 1 fully saturated rings. The maximum absolute atomic E-state index is 11.2. The monoisotopic (exact) mass is 243 g/mol. The van der Waals surface area contributed by atoms with E-state index >= 15 is 0 Å². The Kier molecular flexibility index (Phi) is 5.40. The van der Waals surface area contributed by atoms with Crippen LogP contribution in [-0.4, -0.2) is 35.9 Å². The molecular formula is C13H25NO3.